The summed E-state index contributed by atoms with van der Waals surface area (Å²) in [6.07, 6.45) is 5.82. The van der Waals surface area contributed by atoms with Crippen molar-refractivity contribution in [2.45, 2.75) is 31.7 Å². The van der Waals surface area contributed by atoms with Crippen LogP contribution in [-0.2, 0) is 4.79 Å². The van der Waals surface area contributed by atoms with Crippen molar-refractivity contribution in [3.63, 3.8) is 0 Å². The molecule has 0 N–H and O–H groups in total. The van der Waals surface area contributed by atoms with Crippen LogP contribution >= 0.6 is 0 Å². The van der Waals surface area contributed by atoms with Gasteiger partial charge < -0.3 is 24.3 Å². The number of aromatic nitrogens is 1. The van der Waals surface area contributed by atoms with Crippen molar-refractivity contribution in [3.05, 3.63) is 48.2 Å². The molecular weight excluding hydrogens is 454 g/mol. The van der Waals surface area contributed by atoms with E-state index < -0.39 is 0 Å². The van der Waals surface area contributed by atoms with E-state index in [2.05, 4.69) is 20.8 Å². The predicted molar refractivity (Wildman–Crippen MR) is 139 cm³/mol. The van der Waals surface area contributed by atoms with Gasteiger partial charge in [0, 0.05) is 76.2 Å². The Kier molecular flexibility index (Phi) is 6.19. The highest BCUT2D eigenvalue weighted by molar-refractivity contribution is 5.94. The van der Waals surface area contributed by atoms with Crippen LogP contribution in [0.1, 0.15) is 36.0 Å². The van der Waals surface area contributed by atoms with E-state index in [9.17, 15) is 9.59 Å². The highest BCUT2D eigenvalue weighted by atomic mass is 16.5. The summed E-state index contributed by atoms with van der Waals surface area (Å²) in [5.41, 5.74) is 1.77. The first-order valence-electron chi connectivity index (χ1n) is 13.3. The van der Waals surface area contributed by atoms with E-state index in [1.807, 2.05) is 35.2 Å². The van der Waals surface area contributed by atoms with Crippen LogP contribution in [0.25, 0.3) is 0 Å². The number of anilines is 2. The molecule has 4 fully saturated rings. The molecule has 2 bridgehead atoms. The highest BCUT2D eigenvalue weighted by Crippen LogP contribution is 2.39. The third-order valence-corrected chi connectivity index (χ3v) is 8.48. The van der Waals surface area contributed by atoms with Gasteiger partial charge in [-0.25, -0.2) is 4.98 Å². The van der Waals surface area contributed by atoms with Crippen LogP contribution in [0.3, 0.4) is 0 Å². The maximum Gasteiger partial charge on any atom is 0.255 e. The van der Waals surface area contributed by atoms with Crippen molar-refractivity contribution in [2.24, 2.45) is 11.8 Å². The number of nitrogens with zero attached hydrogens (tertiary/aromatic N) is 5. The molecule has 36 heavy (non-hydrogen) atoms. The summed E-state index contributed by atoms with van der Waals surface area (Å²) in [6.45, 7) is 5.71. The lowest BCUT2D eigenvalue weighted by atomic mass is 9.76. The fraction of sp³-hybridized carbons (Fsp3) is 0.536. The summed E-state index contributed by atoms with van der Waals surface area (Å²) >= 11 is 0. The minimum absolute atomic E-state index is 0.0474. The molecule has 4 saturated heterocycles. The van der Waals surface area contributed by atoms with Gasteiger partial charge in [-0.15, -0.1) is 0 Å². The van der Waals surface area contributed by atoms with Crippen LogP contribution in [-0.4, -0.2) is 85.6 Å². The molecule has 2 aromatic rings. The second-order valence-corrected chi connectivity index (χ2v) is 10.7. The number of benzene rings is 1. The topological polar surface area (TPSA) is 69.2 Å². The third kappa shape index (κ3) is 4.38. The van der Waals surface area contributed by atoms with Crippen molar-refractivity contribution < 1.29 is 14.3 Å². The van der Waals surface area contributed by atoms with Gasteiger partial charge >= 0.3 is 0 Å². The number of fused-ring (bicyclic) bond motifs is 4. The zero-order valence-electron chi connectivity index (χ0n) is 21.0. The summed E-state index contributed by atoms with van der Waals surface area (Å²) < 4.78 is 5.35. The van der Waals surface area contributed by atoms with E-state index in [4.69, 9.17) is 9.72 Å². The lowest BCUT2D eigenvalue weighted by molar-refractivity contribution is -0.142. The molecule has 3 atom stereocenters. The minimum atomic E-state index is 0.0474. The molecule has 8 nitrogen and oxygen atoms in total. The molecule has 190 valence electrons. The molecule has 4 aliphatic heterocycles. The number of amides is 2. The number of hydrogen-bond donors (Lipinski definition) is 0. The smallest absolute Gasteiger partial charge is 0.255 e. The Balaban J connectivity index is 1.07. The second kappa shape index (κ2) is 9.64. The van der Waals surface area contributed by atoms with Gasteiger partial charge in [0.25, 0.3) is 5.91 Å². The molecule has 0 radical (unpaired) electrons. The Labute approximate surface area is 212 Å². The SMILES string of the molecule is COc1cccc(N2CCN(C(=O)c3ccc(N4CC5CC(C4)[C@H]4CCCC(=O)N4C5)nc3)CC2)c1. The number of hydrogen-bond acceptors (Lipinski definition) is 6. The fourth-order valence-electron chi connectivity index (χ4n) is 6.65. The molecule has 0 saturated carbocycles. The molecule has 8 heteroatoms. The van der Waals surface area contributed by atoms with Crippen LogP contribution in [0, 0.1) is 11.8 Å². The molecule has 1 aromatic heterocycles. The number of pyridine rings is 1. The van der Waals surface area contributed by atoms with Gasteiger partial charge in [-0.2, -0.15) is 0 Å². The summed E-state index contributed by atoms with van der Waals surface area (Å²) in [4.78, 5) is 39.1. The van der Waals surface area contributed by atoms with Crippen LogP contribution in [0.4, 0.5) is 11.5 Å². The highest BCUT2D eigenvalue weighted by Gasteiger charge is 2.44. The van der Waals surface area contributed by atoms with Crippen molar-refractivity contribution in [3.8, 4) is 5.75 Å². The molecule has 0 aliphatic carbocycles. The van der Waals surface area contributed by atoms with Crippen LogP contribution < -0.4 is 14.5 Å². The normalized spacial score (nSPS) is 26.0. The Hall–Kier alpha value is -3.29. The molecular formula is C28H35N5O3. The maximum atomic E-state index is 13.2. The number of methoxy groups -OCH3 is 1. The molecule has 6 rings (SSSR count). The van der Waals surface area contributed by atoms with Gasteiger partial charge in [0.2, 0.25) is 5.91 Å². The Morgan fingerprint density at radius 3 is 2.67 bits per heavy atom. The van der Waals surface area contributed by atoms with Gasteiger partial charge in [-0.05, 0) is 55.4 Å². The average Bonchev–Trinajstić information content (AvgIpc) is 2.93. The quantitative estimate of drug-likeness (QED) is 0.658. The lowest BCUT2D eigenvalue weighted by Crippen LogP contribution is -2.60. The molecule has 2 unspecified atom stereocenters. The standard InChI is InChI=1S/C28H35N5O3/c1-36-24-5-2-4-23(15-24)30-10-12-31(13-11-30)28(35)21-8-9-26(29-16-21)32-17-20-14-22(19-32)25-6-3-7-27(34)33(25)18-20/h2,4-5,8-9,15-16,20,22,25H,3,6-7,10-14,17-19H2,1H3/t20?,22?,25-/m1/s1. The molecule has 4 aliphatic rings. The van der Waals surface area contributed by atoms with E-state index >= 15 is 0 Å². The summed E-state index contributed by atoms with van der Waals surface area (Å²) in [6, 6.07) is 12.4. The van der Waals surface area contributed by atoms with Gasteiger partial charge in [0.15, 0.2) is 0 Å². The van der Waals surface area contributed by atoms with E-state index in [0.717, 1.165) is 62.8 Å². The van der Waals surface area contributed by atoms with E-state index in [1.165, 1.54) is 6.42 Å². The Bertz CT molecular complexity index is 1110. The summed E-state index contributed by atoms with van der Waals surface area (Å²) in [5, 5.41) is 0. The largest absolute Gasteiger partial charge is 0.497 e. The fourth-order valence-corrected chi connectivity index (χ4v) is 6.65. The predicted octanol–water partition coefficient (Wildman–Crippen LogP) is 2.89. The number of piperazine rings is 1. The van der Waals surface area contributed by atoms with Crippen molar-refractivity contribution >= 4 is 23.3 Å². The zero-order valence-corrected chi connectivity index (χ0v) is 21.0. The summed E-state index contributed by atoms with van der Waals surface area (Å²) in [7, 11) is 1.68. The van der Waals surface area contributed by atoms with Crippen molar-refractivity contribution in [2.75, 3.05) is 62.7 Å². The van der Waals surface area contributed by atoms with Gasteiger partial charge in [-0.3, -0.25) is 9.59 Å². The lowest BCUT2D eigenvalue weighted by Gasteiger charge is -2.52. The monoisotopic (exact) mass is 489 g/mol. The first-order valence-corrected chi connectivity index (χ1v) is 13.3. The van der Waals surface area contributed by atoms with Crippen LogP contribution in [0.5, 0.6) is 5.75 Å². The number of carbonyl (C=O) groups excluding carboxylic acids is 2. The van der Waals surface area contributed by atoms with Crippen LogP contribution in [0.15, 0.2) is 42.6 Å². The third-order valence-electron chi connectivity index (χ3n) is 8.48. The number of carbonyl (C=O) groups is 2. The first-order chi connectivity index (χ1) is 17.6. The minimum Gasteiger partial charge on any atom is -0.497 e. The number of ether oxygens (including phenoxy) is 1. The van der Waals surface area contributed by atoms with E-state index in [-0.39, 0.29) is 5.91 Å². The maximum absolute atomic E-state index is 13.2. The van der Waals surface area contributed by atoms with Gasteiger partial charge in [0.1, 0.15) is 11.6 Å². The van der Waals surface area contributed by atoms with E-state index in [1.54, 1.807) is 13.3 Å². The molecule has 0 spiro atoms. The van der Waals surface area contributed by atoms with Crippen molar-refractivity contribution in [1.29, 1.82) is 0 Å². The number of rotatable bonds is 4. The van der Waals surface area contributed by atoms with Gasteiger partial charge in [0.05, 0.1) is 12.7 Å². The Morgan fingerprint density at radius 1 is 1.03 bits per heavy atom. The summed E-state index contributed by atoms with van der Waals surface area (Å²) in [5.74, 6) is 3.21. The Morgan fingerprint density at radius 2 is 1.89 bits per heavy atom. The zero-order chi connectivity index (χ0) is 24.6. The molecule has 5 heterocycles. The van der Waals surface area contributed by atoms with Crippen molar-refractivity contribution in [1.82, 2.24) is 14.8 Å². The van der Waals surface area contributed by atoms with Gasteiger partial charge in [-0.1, -0.05) is 6.07 Å². The average molecular weight is 490 g/mol. The van der Waals surface area contributed by atoms with Crippen LogP contribution in [0.2, 0.25) is 0 Å². The number of piperidine rings is 3. The first kappa shape index (κ1) is 23.1. The second-order valence-electron chi connectivity index (χ2n) is 10.7. The molecule has 1 aromatic carbocycles. The van der Waals surface area contributed by atoms with E-state index in [0.29, 0.717) is 48.9 Å². The molecule has 2 amide bonds.